The lowest BCUT2D eigenvalue weighted by Crippen LogP contribution is -2.30. The Bertz CT molecular complexity index is 591. The van der Waals surface area contributed by atoms with Gasteiger partial charge in [0.15, 0.2) is 0 Å². The molecule has 1 aliphatic rings. The van der Waals surface area contributed by atoms with Crippen molar-refractivity contribution in [3.63, 3.8) is 0 Å². The van der Waals surface area contributed by atoms with Gasteiger partial charge in [-0.1, -0.05) is 0 Å². The van der Waals surface area contributed by atoms with Crippen molar-refractivity contribution in [1.82, 2.24) is 4.90 Å². The summed E-state index contributed by atoms with van der Waals surface area (Å²) in [5.74, 6) is 0. The number of hydrogen-bond acceptors (Lipinski definition) is 7. The Morgan fingerprint density at radius 2 is 1.86 bits per heavy atom. The van der Waals surface area contributed by atoms with E-state index in [1.165, 1.54) is 12.1 Å². The van der Waals surface area contributed by atoms with E-state index in [4.69, 9.17) is 0 Å². The van der Waals surface area contributed by atoms with Crippen molar-refractivity contribution in [3.05, 3.63) is 38.4 Å². The summed E-state index contributed by atoms with van der Waals surface area (Å²) in [6, 6.07) is 3.44. The molecule has 1 aromatic rings. The number of non-ortho nitro benzene ring substituents is 1. The minimum Gasteiger partial charge on any atom is -0.306 e. The molecule has 0 saturated carbocycles. The fourth-order valence-electron chi connectivity index (χ4n) is 2.01. The van der Waals surface area contributed by atoms with E-state index in [2.05, 4.69) is 15.4 Å². The Kier molecular flexibility index (Phi) is 4.43. The number of nitro benzene ring substituents is 2. The van der Waals surface area contributed by atoms with Crippen LogP contribution in [-0.2, 0) is 0 Å². The topological polar surface area (TPSA) is 114 Å². The standard InChI is InChI=1S/C12H15N5O4/c1-15-6-4-9(5-7-15)13-14-11-3-2-10(16(18)19)8-12(11)17(20)21/h2-3,8,14H,4-7H2,1H3. The van der Waals surface area contributed by atoms with Crippen molar-refractivity contribution in [1.29, 1.82) is 0 Å². The van der Waals surface area contributed by atoms with E-state index in [0.717, 1.165) is 37.7 Å². The molecule has 21 heavy (non-hydrogen) atoms. The highest BCUT2D eigenvalue weighted by atomic mass is 16.6. The number of nitrogens with zero attached hydrogens (tertiary/aromatic N) is 4. The first-order valence-corrected chi connectivity index (χ1v) is 6.40. The Morgan fingerprint density at radius 1 is 1.19 bits per heavy atom. The van der Waals surface area contributed by atoms with Crippen LogP contribution in [0.4, 0.5) is 17.1 Å². The molecule has 1 aromatic carbocycles. The highest BCUT2D eigenvalue weighted by Gasteiger charge is 2.19. The van der Waals surface area contributed by atoms with Crippen molar-refractivity contribution >= 4 is 22.8 Å². The third-order valence-corrected chi connectivity index (χ3v) is 3.29. The maximum absolute atomic E-state index is 11.0. The zero-order valence-corrected chi connectivity index (χ0v) is 11.5. The molecule has 1 N–H and O–H groups in total. The lowest BCUT2D eigenvalue weighted by Gasteiger charge is -2.22. The molecule has 1 aliphatic heterocycles. The molecule has 0 amide bonds. The molecular weight excluding hydrogens is 278 g/mol. The van der Waals surface area contributed by atoms with Crippen LogP contribution in [-0.4, -0.2) is 40.6 Å². The number of rotatable bonds is 4. The quantitative estimate of drug-likeness (QED) is 0.670. The summed E-state index contributed by atoms with van der Waals surface area (Å²) in [4.78, 5) is 22.5. The first-order chi connectivity index (χ1) is 9.97. The number of benzene rings is 1. The van der Waals surface area contributed by atoms with Gasteiger partial charge in [0.05, 0.1) is 15.9 Å². The SMILES string of the molecule is CN1CCC(=NNc2ccc([N+](=O)[O-])cc2[N+](=O)[O-])CC1. The number of hydrazone groups is 1. The highest BCUT2D eigenvalue weighted by molar-refractivity contribution is 5.86. The van der Waals surface area contributed by atoms with Crippen LogP contribution in [0.25, 0.3) is 0 Å². The molecule has 0 radical (unpaired) electrons. The molecule has 112 valence electrons. The number of anilines is 1. The second-order valence-electron chi connectivity index (χ2n) is 4.81. The molecule has 0 atom stereocenters. The third-order valence-electron chi connectivity index (χ3n) is 3.29. The number of hydrogen-bond donors (Lipinski definition) is 1. The lowest BCUT2D eigenvalue weighted by atomic mass is 10.1. The van der Waals surface area contributed by atoms with Gasteiger partial charge in [0.1, 0.15) is 5.69 Å². The Balaban J connectivity index is 2.18. The van der Waals surface area contributed by atoms with E-state index in [1.807, 2.05) is 7.05 Å². The highest BCUT2D eigenvalue weighted by Crippen LogP contribution is 2.29. The van der Waals surface area contributed by atoms with Gasteiger partial charge in [0.25, 0.3) is 5.69 Å². The zero-order valence-electron chi connectivity index (χ0n) is 11.5. The van der Waals surface area contributed by atoms with Crippen LogP contribution < -0.4 is 5.43 Å². The molecule has 0 aliphatic carbocycles. The number of nitrogens with one attached hydrogen (secondary N) is 1. The van der Waals surface area contributed by atoms with Gasteiger partial charge >= 0.3 is 5.69 Å². The molecule has 1 heterocycles. The van der Waals surface area contributed by atoms with E-state index >= 15 is 0 Å². The first-order valence-electron chi connectivity index (χ1n) is 6.40. The van der Waals surface area contributed by atoms with Crippen molar-refractivity contribution in [2.45, 2.75) is 12.8 Å². The first kappa shape index (κ1) is 14.9. The smallest absolute Gasteiger partial charge is 0.301 e. The monoisotopic (exact) mass is 293 g/mol. The Hall–Kier alpha value is -2.55. The van der Waals surface area contributed by atoms with E-state index in [-0.39, 0.29) is 17.1 Å². The van der Waals surface area contributed by atoms with Gasteiger partial charge in [0, 0.05) is 37.7 Å². The summed E-state index contributed by atoms with van der Waals surface area (Å²) in [6.45, 7) is 1.78. The summed E-state index contributed by atoms with van der Waals surface area (Å²) in [7, 11) is 2.02. The van der Waals surface area contributed by atoms with Crippen LogP contribution in [0.3, 0.4) is 0 Å². The molecule has 9 heteroatoms. The van der Waals surface area contributed by atoms with Crippen LogP contribution in [0.1, 0.15) is 12.8 Å². The van der Waals surface area contributed by atoms with Gasteiger partial charge in [-0.15, -0.1) is 0 Å². The van der Waals surface area contributed by atoms with Crippen molar-refractivity contribution in [2.75, 3.05) is 25.6 Å². The van der Waals surface area contributed by atoms with Gasteiger partial charge < -0.3 is 4.90 Å². The summed E-state index contributed by atoms with van der Waals surface area (Å²) in [5.41, 5.74) is 3.05. The molecule has 9 nitrogen and oxygen atoms in total. The van der Waals surface area contributed by atoms with E-state index in [0.29, 0.717) is 0 Å². The summed E-state index contributed by atoms with van der Waals surface area (Å²) in [5, 5.41) is 25.8. The Labute approximate surface area is 120 Å². The summed E-state index contributed by atoms with van der Waals surface area (Å²) in [6.07, 6.45) is 1.59. The predicted molar refractivity (Wildman–Crippen MR) is 77.5 cm³/mol. The largest absolute Gasteiger partial charge is 0.306 e. The maximum atomic E-state index is 11.0. The fourth-order valence-corrected chi connectivity index (χ4v) is 2.01. The molecule has 0 bridgehead atoms. The average Bonchev–Trinajstić information content (AvgIpc) is 2.46. The molecule has 0 unspecified atom stereocenters. The fraction of sp³-hybridized carbons (Fsp3) is 0.417. The minimum absolute atomic E-state index is 0.150. The Morgan fingerprint density at radius 3 is 2.43 bits per heavy atom. The van der Waals surface area contributed by atoms with Gasteiger partial charge in [-0.3, -0.25) is 25.7 Å². The van der Waals surface area contributed by atoms with Crippen LogP contribution in [0, 0.1) is 20.2 Å². The van der Waals surface area contributed by atoms with E-state index in [1.54, 1.807) is 0 Å². The van der Waals surface area contributed by atoms with Gasteiger partial charge in [-0.25, -0.2) is 0 Å². The van der Waals surface area contributed by atoms with Gasteiger partial charge in [0.2, 0.25) is 0 Å². The maximum Gasteiger partial charge on any atom is 0.301 e. The average molecular weight is 293 g/mol. The summed E-state index contributed by atoms with van der Waals surface area (Å²) >= 11 is 0. The third kappa shape index (κ3) is 3.72. The zero-order chi connectivity index (χ0) is 15.4. The van der Waals surface area contributed by atoms with Gasteiger partial charge in [-0.05, 0) is 13.1 Å². The number of likely N-dealkylation sites (tertiary alicyclic amines) is 1. The minimum atomic E-state index is -0.667. The van der Waals surface area contributed by atoms with Crippen LogP contribution in [0.2, 0.25) is 0 Å². The predicted octanol–water partition coefficient (Wildman–Crippen LogP) is 2.00. The molecule has 1 fully saturated rings. The molecule has 2 rings (SSSR count). The summed E-state index contributed by atoms with van der Waals surface area (Å²) < 4.78 is 0. The van der Waals surface area contributed by atoms with Gasteiger partial charge in [-0.2, -0.15) is 5.10 Å². The van der Waals surface area contributed by atoms with E-state index < -0.39 is 9.85 Å². The van der Waals surface area contributed by atoms with Crippen LogP contribution in [0.5, 0.6) is 0 Å². The molecular formula is C12H15N5O4. The van der Waals surface area contributed by atoms with E-state index in [9.17, 15) is 20.2 Å². The number of piperidine rings is 1. The van der Waals surface area contributed by atoms with Crippen LogP contribution >= 0.6 is 0 Å². The van der Waals surface area contributed by atoms with Crippen LogP contribution in [0.15, 0.2) is 23.3 Å². The second-order valence-corrected chi connectivity index (χ2v) is 4.81. The molecule has 0 aromatic heterocycles. The van der Waals surface area contributed by atoms with Crippen molar-refractivity contribution in [3.8, 4) is 0 Å². The van der Waals surface area contributed by atoms with Crippen molar-refractivity contribution in [2.24, 2.45) is 5.10 Å². The number of nitro groups is 2. The molecule has 1 saturated heterocycles. The lowest BCUT2D eigenvalue weighted by molar-refractivity contribution is -0.393. The normalized spacial score (nSPS) is 15.6. The van der Waals surface area contributed by atoms with Crippen molar-refractivity contribution < 1.29 is 9.85 Å². The second kappa shape index (κ2) is 6.27. The molecule has 0 spiro atoms.